The van der Waals surface area contributed by atoms with Crippen molar-refractivity contribution in [2.75, 3.05) is 43.6 Å². The molecule has 10 rings (SSSR count). The molecule has 0 radical (unpaired) electrons. The highest BCUT2D eigenvalue weighted by Gasteiger charge is 2.47. The number of imidazole rings is 2. The van der Waals surface area contributed by atoms with Gasteiger partial charge >= 0.3 is 42.7 Å². The number of phosphoric ester groups is 4. The van der Waals surface area contributed by atoms with Crippen LogP contribution in [0.4, 0.5) is 17.6 Å². The van der Waals surface area contributed by atoms with Gasteiger partial charge in [0, 0.05) is 49.2 Å². The second kappa shape index (κ2) is 25.0. The van der Waals surface area contributed by atoms with E-state index in [1.165, 1.54) is 47.4 Å². The number of ether oxygens (including phenoxy) is 4. The van der Waals surface area contributed by atoms with Crippen molar-refractivity contribution in [3.63, 3.8) is 0 Å². The third kappa shape index (κ3) is 15.3. The first-order valence-electron chi connectivity index (χ1n) is 24.8. The van der Waals surface area contributed by atoms with Crippen LogP contribution in [0.1, 0.15) is 61.7 Å². The molecule has 0 spiro atoms. The van der Waals surface area contributed by atoms with Crippen LogP contribution >= 0.6 is 31.3 Å². The van der Waals surface area contributed by atoms with Crippen molar-refractivity contribution in [1.29, 1.82) is 0 Å². The number of aliphatic hydroxyl groups is 2. The zero-order chi connectivity index (χ0) is 61.7. The van der Waals surface area contributed by atoms with Crippen molar-refractivity contribution >= 4 is 71.2 Å². The largest absolute Gasteiger partial charge is 0.472 e. The third-order valence-corrected chi connectivity index (χ3v) is 16.3. The fourth-order valence-corrected chi connectivity index (χ4v) is 11.8. The van der Waals surface area contributed by atoms with Crippen LogP contribution in [-0.4, -0.2) is 173 Å². The van der Waals surface area contributed by atoms with Gasteiger partial charge in [0.1, 0.15) is 79.2 Å². The van der Waals surface area contributed by atoms with E-state index >= 15 is 0 Å². The van der Waals surface area contributed by atoms with Crippen molar-refractivity contribution in [2.45, 2.75) is 113 Å². The summed E-state index contributed by atoms with van der Waals surface area (Å²) in [7, 11) is -19.8. The van der Waals surface area contributed by atoms with Gasteiger partial charge in [-0.25, -0.2) is 47.8 Å². The lowest BCUT2D eigenvalue weighted by Crippen LogP contribution is -2.33. The van der Waals surface area contributed by atoms with Gasteiger partial charge in [-0.2, -0.15) is 9.97 Å². The molecule has 0 saturated carbocycles. The molecule has 6 aromatic heterocycles. The minimum Gasteiger partial charge on any atom is -0.390 e. The van der Waals surface area contributed by atoms with Crippen LogP contribution in [0, 0.1) is 13.8 Å². The molecule has 85 heavy (non-hydrogen) atoms. The van der Waals surface area contributed by atoms with Crippen LogP contribution < -0.4 is 39.7 Å². The fourth-order valence-electron chi connectivity index (χ4n) is 9.24. The number of fused-ring (bicyclic) bond motifs is 2. The molecular weight excluding hydrogens is 1230 g/mol. The Morgan fingerprint density at radius 2 is 1.02 bits per heavy atom. The molecule has 4 fully saturated rings. The average Bonchev–Trinajstić information content (AvgIpc) is 2.65. The lowest BCUT2D eigenvalue weighted by molar-refractivity contribution is -0.0570. The molecular formula is C40H55N15O26P4. The van der Waals surface area contributed by atoms with Gasteiger partial charge in [0.15, 0.2) is 22.6 Å². The lowest BCUT2D eigenvalue weighted by atomic mass is 10.2. The highest BCUT2D eigenvalue weighted by atomic mass is 31.2. The number of anilines is 3. The van der Waals surface area contributed by atoms with Crippen LogP contribution in [0.3, 0.4) is 0 Å². The number of aromatic nitrogens is 12. The summed E-state index contributed by atoms with van der Waals surface area (Å²) >= 11 is 0. The summed E-state index contributed by atoms with van der Waals surface area (Å²) in [6.45, 7) is 0.279. The first-order chi connectivity index (χ1) is 39.8. The number of nitrogens with zero attached hydrogens (tertiary/aromatic N) is 10. The smallest absolute Gasteiger partial charge is 0.390 e. The van der Waals surface area contributed by atoms with Crippen LogP contribution in [0.2, 0.25) is 0 Å². The highest BCUT2D eigenvalue weighted by molar-refractivity contribution is 7.47. The molecule has 466 valence electrons. The number of hydrogen-bond donors (Lipinski definition) is 13. The molecule has 2 unspecified atom stereocenters. The number of H-pyrrole nitrogens is 2. The Morgan fingerprint density at radius 3 is 1.58 bits per heavy atom. The molecule has 16 N–H and O–H groups in total. The minimum atomic E-state index is -4.98. The Labute approximate surface area is 473 Å². The van der Waals surface area contributed by atoms with Gasteiger partial charge in [-0.05, 0) is 13.8 Å². The number of hydrogen-bond acceptors (Lipinski definition) is 29. The summed E-state index contributed by atoms with van der Waals surface area (Å²) in [5, 5.41) is 20.9. The number of aryl methyl sites for hydroxylation is 2. The van der Waals surface area contributed by atoms with Gasteiger partial charge in [-0.15, -0.1) is 0 Å². The quantitative estimate of drug-likeness (QED) is 0.0344. The molecule has 0 amide bonds. The topological polar surface area (TPSA) is 597 Å². The summed E-state index contributed by atoms with van der Waals surface area (Å²) < 4.78 is 106. The Bertz CT molecular complexity index is 3890. The Kier molecular flexibility index (Phi) is 18.7. The molecule has 0 aromatic carbocycles. The van der Waals surface area contributed by atoms with Gasteiger partial charge in [0.05, 0.1) is 51.3 Å². The summed E-state index contributed by atoms with van der Waals surface area (Å²) in [5.41, 5.74) is 15.5. The molecule has 10 heterocycles. The lowest BCUT2D eigenvalue weighted by Gasteiger charge is -2.22. The van der Waals surface area contributed by atoms with Gasteiger partial charge in [0.2, 0.25) is 5.95 Å². The van der Waals surface area contributed by atoms with Crippen molar-refractivity contribution in [3.05, 3.63) is 84.2 Å². The van der Waals surface area contributed by atoms with E-state index in [0.717, 1.165) is 9.13 Å². The maximum Gasteiger partial charge on any atom is 0.472 e. The first-order valence-corrected chi connectivity index (χ1v) is 30.9. The third-order valence-electron chi connectivity index (χ3n) is 13.3. The van der Waals surface area contributed by atoms with E-state index in [9.17, 15) is 67.2 Å². The molecule has 0 bridgehead atoms. The van der Waals surface area contributed by atoms with Gasteiger partial charge in [-0.3, -0.25) is 65.0 Å². The predicted molar refractivity (Wildman–Crippen MR) is 279 cm³/mol. The SMILES string of the molecule is Cc1cn([C@H]2C[C@H](O)[C@@H](COP(=O)(O)O[C@H]3C[C@H](n4cc(C)c(=O)[nH]c4=O)O[C@@H]3COP(=O)(O)O)O2)c(=O)nc1N.Nc1nc2c(ncn2[C@H]2C[C@H](OP(=O)(O)OC[C@H]3O[C@@H](n4cnc5c(N)ncnc54)C[C@@H]3O)[C@@H](COP(=O)(O)O)O2)c(=O)[nH]1. The molecule has 14 atom stereocenters. The predicted octanol–water partition coefficient (Wildman–Crippen LogP) is -2.79. The maximum atomic E-state index is 13.0. The van der Waals surface area contributed by atoms with E-state index < -0.39 is 154 Å². The van der Waals surface area contributed by atoms with Gasteiger partial charge in [0.25, 0.3) is 11.1 Å². The second-order valence-electron chi connectivity index (χ2n) is 19.3. The van der Waals surface area contributed by atoms with Gasteiger partial charge in [-0.1, -0.05) is 0 Å². The van der Waals surface area contributed by atoms with E-state index in [2.05, 4.69) is 48.9 Å². The maximum absolute atomic E-state index is 13.0. The molecule has 6 aromatic rings. The van der Waals surface area contributed by atoms with Gasteiger partial charge < -0.3 is 75.7 Å². The average molecular weight is 1290 g/mol. The van der Waals surface area contributed by atoms with E-state index in [1.54, 1.807) is 6.92 Å². The normalized spacial score (nSPS) is 27.7. The number of nitrogen functional groups attached to an aromatic ring is 3. The number of nitrogens with two attached hydrogens (primary N) is 3. The Balaban J connectivity index is 0.000000204. The van der Waals surface area contributed by atoms with E-state index in [1.807, 2.05) is 0 Å². The number of nitrogens with one attached hydrogen (secondary N) is 2. The fraction of sp³-hybridized carbons (Fsp3) is 0.550. The minimum absolute atomic E-state index is 0.0248. The monoisotopic (exact) mass is 1290 g/mol. The molecule has 4 aliphatic heterocycles. The molecule has 45 heteroatoms. The van der Waals surface area contributed by atoms with E-state index in [-0.39, 0.29) is 60.0 Å². The summed E-state index contributed by atoms with van der Waals surface area (Å²) in [6, 6.07) is 0. The second-order valence-corrected chi connectivity index (χ2v) is 24.6. The molecule has 41 nitrogen and oxygen atoms in total. The van der Waals surface area contributed by atoms with E-state index in [4.69, 9.17) is 64.0 Å². The number of phosphoric acid groups is 4. The number of aromatic amines is 2. The first kappa shape index (κ1) is 63.6. The van der Waals surface area contributed by atoms with Crippen molar-refractivity contribution < 1.29 is 104 Å². The molecule has 0 aliphatic carbocycles. The summed E-state index contributed by atoms with van der Waals surface area (Å²) in [6.07, 6.45) is -7.83. The van der Waals surface area contributed by atoms with Crippen LogP contribution in [-0.2, 0) is 64.4 Å². The van der Waals surface area contributed by atoms with Crippen LogP contribution in [0.15, 0.2) is 50.6 Å². The Hall–Kier alpha value is -5.94. The summed E-state index contributed by atoms with van der Waals surface area (Å²) in [4.78, 5) is 134. The summed E-state index contributed by atoms with van der Waals surface area (Å²) in [5.74, 6) is -0.0171. The van der Waals surface area contributed by atoms with Crippen molar-refractivity contribution in [2.24, 2.45) is 0 Å². The standard InChI is InChI=1S/C20H26N10O12P2.C20H29N5O14P2/c21-16-14-17(24-5-23-16)29(6-25-14)12-1-8(31)10(40-12)3-39-44(36,37)42-9-2-13(41-11(9)4-38-43(33,34)35)30-7-26-15-18(30)27-20(22)28-19(15)32;1-9-5-24(19(28)22-17(9)21)15-3-11(26)13(37-15)7-36-41(33,34)39-12-4-16(38-14(12)8-35-40(30,31)32)25-6-10(2)18(27)23-20(25)29/h5-13,31H,1-4H2,(H,36,37)(H2,21,23,24)(H2,33,34,35)(H3,22,27,28,32);5-6,11-16,26H,3-4,7-8H2,1-2H3,(H,33,34)(H2,21,22,28)(H,23,27,29)(H2,30,31,32)/t8-,9-,10+,11+,12+,13+;11-,12-,13+,14+,15+,16+/m00/s1. The zero-order valence-corrected chi connectivity index (χ0v) is 47.5. The molecule has 4 saturated heterocycles. The zero-order valence-electron chi connectivity index (χ0n) is 43.9. The highest BCUT2D eigenvalue weighted by Crippen LogP contribution is 2.52. The van der Waals surface area contributed by atoms with E-state index in [0.29, 0.717) is 16.7 Å². The van der Waals surface area contributed by atoms with Crippen molar-refractivity contribution in [3.8, 4) is 0 Å². The Morgan fingerprint density at radius 1 is 0.553 bits per heavy atom. The van der Waals surface area contributed by atoms with Crippen LogP contribution in [0.5, 0.6) is 0 Å². The number of aliphatic hydroxyl groups excluding tert-OH is 2. The molecule has 4 aliphatic rings. The van der Waals surface area contributed by atoms with Crippen LogP contribution in [0.25, 0.3) is 22.3 Å². The van der Waals surface area contributed by atoms with Crippen molar-refractivity contribution in [1.82, 2.24) is 58.1 Å². The number of rotatable bonds is 20.